The first-order valence-corrected chi connectivity index (χ1v) is 5.91. The van der Waals surface area contributed by atoms with E-state index in [-0.39, 0.29) is 0 Å². The van der Waals surface area contributed by atoms with Gasteiger partial charge in [-0.25, -0.2) is 5.48 Å². The zero-order valence-corrected chi connectivity index (χ0v) is 9.43. The lowest BCUT2D eigenvalue weighted by atomic mass is 9.81. The largest absolute Gasteiger partial charge is 0.381 e. The van der Waals surface area contributed by atoms with E-state index >= 15 is 0 Å². The quantitative estimate of drug-likeness (QED) is 0.766. The Morgan fingerprint density at radius 1 is 1.25 bits per heavy atom. The van der Waals surface area contributed by atoms with Gasteiger partial charge in [-0.3, -0.25) is 0 Å². The summed E-state index contributed by atoms with van der Waals surface area (Å²) in [5.74, 6) is 0.992. The molecule has 0 aliphatic carbocycles. The summed E-state index contributed by atoms with van der Waals surface area (Å²) >= 11 is 0. The van der Waals surface area contributed by atoms with Crippen LogP contribution in [0.5, 0.6) is 0 Å². The summed E-state index contributed by atoms with van der Waals surface area (Å²) in [7, 11) is 0. The van der Waals surface area contributed by atoms with E-state index in [9.17, 15) is 0 Å². The molecule has 3 heteroatoms. The Morgan fingerprint density at radius 2 is 1.94 bits per heavy atom. The Morgan fingerprint density at radius 3 is 2.56 bits per heavy atom. The fourth-order valence-electron chi connectivity index (χ4n) is 2.47. The molecule has 0 radical (unpaired) electrons. The van der Waals surface area contributed by atoms with Gasteiger partial charge in [-0.1, -0.05) is 30.3 Å². The van der Waals surface area contributed by atoms with Crippen molar-refractivity contribution in [3.8, 4) is 0 Å². The predicted octanol–water partition coefficient (Wildman–Crippen LogP) is 2.18. The van der Waals surface area contributed by atoms with E-state index in [1.54, 1.807) is 0 Å². The Bertz CT molecular complexity index is 296. The molecule has 0 saturated carbocycles. The number of hydroxylamine groups is 1. The van der Waals surface area contributed by atoms with Crippen LogP contribution in [0.1, 0.15) is 24.3 Å². The van der Waals surface area contributed by atoms with Crippen LogP contribution in [-0.2, 0) is 4.74 Å². The molecule has 1 aromatic carbocycles. The second-order valence-corrected chi connectivity index (χ2v) is 4.33. The summed E-state index contributed by atoms with van der Waals surface area (Å²) in [6, 6.07) is 10.4. The molecule has 0 spiro atoms. The van der Waals surface area contributed by atoms with Crippen LogP contribution in [0, 0.1) is 5.92 Å². The lowest BCUT2D eigenvalue weighted by molar-refractivity contribution is 0.0509. The molecule has 2 rings (SSSR count). The summed E-state index contributed by atoms with van der Waals surface area (Å²) in [6.45, 7) is 2.31. The number of nitrogens with one attached hydrogen (secondary N) is 1. The van der Waals surface area contributed by atoms with Crippen LogP contribution in [-0.4, -0.2) is 25.0 Å². The monoisotopic (exact) mass is 221 g/mol. The van der Waals surface area contributed by atoms with Crippen molar-refractivity contribution in [3.05, 3.63) is 35.9 Å². The second-order valence-electron chi connectivity index (χ2n) is 4.33. The third kappa shape index (κ3) is 2.82. The highest BCUT2D eigenvalue weighted by Gasteiger charge is 2.24. The Kier molecular flexibility index (Phi) is 4.34. The van der Waals surface area contributed by atoms with Crippen LogP contribution in [0.3, 0.4) is 0 Å². The fraction of sp³-hybridized carbons (Fsp3) is 0.538. The zero-order valence-electron chi connectivity index (χ0n) is 9.43. The molecule has 1 aliphatic rings. The first-order chi connectivity index (χ1) is 7.92. The number of ether oxygens (including phenoxy) is 1. The molecule has 88 valence electrons. The van der Waals surface area contributed by atoms with Gasteiger partial charge in [0.1, 0.15) is 0 Å². The molecular weight excluding hydrogens is 202 g/mol. The highest BCUT2D eigenvalue weighted by atomic mass is 16.5. The molecule has 0 aromatic heterocycles. The standard InChI is InChI=1S/C13H19NO2/c15-14-10-13(11-4-2-1-3-5-11)12-6-8-16-9-7-12/h1-5,12-15H,6-10H2. The molecule has 1 aromatic rings. The van der Waals surface area contributed by atoms with E-state index in [0.29, 0.717) is 18.4 Å². The summed E-state index contributed by atoms with van der Waals surface area (Å²) < 4.78 is 5.38. The highest BCUT2D eigenvalue weighted by Crippen LogP contribution is 2.31. The average molecular weight is 221 g/mol. The Balaban J connectivity index is 2.09. The van der Waals surface area contributed by atoms with E-state index < -0.39 is 0 Å². The summed E-state index contributed by atoms with van der Waals surface area (Å²) in [4.78, 5) is 0. The molecule has 1 heterocycles. The van der Waals surface area contributed by atoms with Gasteiger partial charge < -0.3 is 9.94 Å². The van der Waals surface area contributed by atoms with Crippen molar-refractivity contribution in [1.82, 2.24) is 5.48 Å². The molecule has 1 aliphatic heterocycles. The van der Waals surface area contributed by atoms with E-state index in [4.69, 9.17) is 9.94 Å². The summed E-state index contributed by atoms with van der Waals surface area (Å²) in [5, 5.41) is 8.95. The van der Waals surface area contributed by atoms with Crippen molar-refractivity contribution >= 4 is 0 Å². The molecule has 1 saturated heterocycles. The number of hydrogen-bond acceptors (Lipinski definition) is 3. The van der Waals surface area contributed by atoms with E-state index in [2.05, 4.69) is 29.7 Å². The summed E-state index contributed by atoms with van der Waals surface area (Å²) in [5.41, 5.74) is 3.62. The Labute approximate surface area is 96.4 Å². The molecule has 1 unspecified atom stereocenters. The van der Waals surface area contributed by atoms with Crippen LogP contribution in [0.15, 0.2) is 30.3 Å². The van der Waals surface area contributed by atoms with Gasteiger partial charge in [0.05, 0.1) is 0 Å². The van der Waals surface area contributed by atoms with Crippen molar-refractivity contribution < 1.29 is 9.94 Å². The molecule has 1 atom stereocenters. The van der Waals surface area contributed by atoms with Gasteiger partial charge >= 0.3 is 0 Å². The van der Waals surface area contributed by atoms with E-state index in [1.165, 1.54) is 5.56 Å². The van der Waals surface area contributed by atoms with Crippen molar-refractivity contribution in [3.63, 3.8) is 0 Å². The van der Waals surface area contributed by atoms with Crippen LogP contribution in [0.2, 0.25) is 0 Å². The third-order valence-corrected chi connectivity index (χ3v) is 3.37. The maximum absolute atomic E-state index is 8.95. The zero-order chi connectivity index (χ0) is 11.2. The maximum Gasteiger partial charge on any atom is 0.0468 e. The fourth-order valence-corrected chi connectivity index (χ4v) is 2.47. The molecule has 3 nitrogen and oxygen atoms in total. The SMILES string of the molecule is ONCC(c1ccccc1)C1CCOCC1. The van der Waals surface area contributed by atoms with E-state index in [0.717, 1.165) is 26.1 Å². The van der Waals surface area contributed by atoms with Gasteiger partial charge in [0.15, 0.2) is 0 Å². The lowest BCUT2D eigenvalue weighted by Gasteiger charge is -2.30. The number of rotatable bonds is 4. The Hall–Kier alpha value is -0.900. The van der Waals surface area contributed by atoms with Crippen LogP contribution in [0.4, 0.5) is 0 Å². The minimum atomic E-state index is 0.384. The molecule has 1 fully saturated rings. The van der Waals surface area contributed by atoms with Gasteiger partial charge in [0.2, 0.25) is 0 Å². The molecule has 2 N–H and O–H groups in total. The number of benzene rings is 1. The second kappa shape index (κ2) is 5.99. The average Bonchev–Trinajstić information content (AvgIpc) is 2.38. The van der Waals surface area contributed by atoms with Crippen LogP contribution >= 0.6 is 0 Å². The van der Waals surface area contributed by atoms with Crippen LogP contribution in [0.25, 0.3) is 0 Å². The van der Waals surface area contributed by atoms with Crippen molar-refractivity contribution in [1.29, 1.82) is 0 Å². The third-order valence-electron chi connectivity index (χ3n) is 3.37. The van der Waals surface area contributed by atoms with Gasteiger partial charge in [-0.2, -0.15) is 0 Å². The predicted molar refractivity (Wildman–Crippen MR) is 62.5 cm³/mol. The van der Waals surface area contributed by atoms with E-state index in [1.807, 2.05) is 6.07 Å². The maximum atomic E-state index is 8.95. The molecule has 0 bridgehead atoms. The first-order valence-electron chi connectivity index (χ1n) is 5.91. The molecular formula is C13H19NO2. The number of hydrogen-bond donors (Lipinski definition) is 2. The van der Waals surface area contributed by atoms with Gasteiger partial charge in [-0.05, 0) is 24.3 Å². The van der Waals surface area contributed by atoms with Crippen molar-refractivity contribution in [2.75, 3.05) is 19.8 Å². The summed E-state index contributed by atoms with van der Waals surface area (Å²) in [6.07, 6.45) is 2.17. The van der Waals surface area contributed by atoms with Crippen molar-refractivity contribution in [2.45, 2.75) is 18.8 Å². The van der Waals surface area contributed by atoms with Gasteiger partial charge in [-0.15, -0.1) is 0 Å². The highest BCUT2D eigenvalue weighted by molar-refractivity contribution is 5.20. The minimum absolute atomic E-state index is 0.384. The molecule has 0 amide bonds. The normalized spacial score (nSPS) is 19.6. The van der Waals surface area contributed by atoms with Gasteiger partial charge in [0, 0.05) is 25.7 Å². The minimum Gasteiger partial charge on any atom is -0.381 e. The van der Waals surface area contributed by atoms with Crippen LogP contribution < -0.4 is 5.48 Å². The van der Waals surface area contributed by atoms with Gasteiger partial charge in [0.25, 0.3) is 0 Å². The smallest absolute Gasteiger partial charge is 0.0468 e. The topological polar surface area (TPSA) is 41.5 Å². The van der Waals surface area contributed by atoms with Crippen molar-refractivity contribution in [2.24, 2.45) is 5.92 Å². The lowest BCUT2D eigenvalue weighted by Crippen LogP contribution is -2.28. The molecule has 16 heavy (non-hydrogen) atoms. The first kappa shape index (κ1) is 11.6.